The molecule has 0 radical (unpaired) electrons. The third-order valence-corrected chi connectivity index (χ3v) is 1.78. The number of allylic oxidation sites excluding steroid dienone is 1. The standard InChI is InChI=1S/C11H12FNO/c1-7(2)5-11(14)9-6-8(12)3-4-10(9)13/h3-4,6H,1,5,13H2,2H3. The lowest BCUT2D eigenvalue weighted by atomic mass is 10.0. The predicted molar refractivity (Wildman–Crippen MR) is 54.6 cm³/mol. The molecule has 0 atom stereocenters. The van der Waals surface area contributed by atoms with Crippen molar-refractivity contribution in [3.63, 3.8) is 0 Å². The second-order valence-corrected chi connectivity index (χ2v) is 3.29. The SMILES string of the molecule is C=C(C)CC(=O)c1cc(F)ccc1N. The molecule has 0 fully saturated rings. The van der Waals surface area contributed by atoms with E-state index in [-0.39, 0.29) is 17.8 Å². The molecule has 3 heteroatoms. The second-order valence-electron chi connectivity index (χ2n) is 3.29. The lowest BCUT2D eigenvalue weighted by Gasteiger charge is -2.04. The Labute approximate surface area is 82.2 Å². The van der Waals surface area contributed by atoms with Crippen molar-refractivity contribution < 1.29 is 9.18 Å². The van der Waals surface area contributed by atoms with Crippen molar-refractivity contribution in [1.82, 2.24) is 0 Å². The Kier molecular flexibility index (Phi) is 3.02. The Hall–Kier alpha value is -1.64. The predicted octanol–water partition coefficient (Wildman–Crippen LogP) is 2.56. The van der Waals surface area contributed by atoms with Gasteiger partial charge in [0, 0.05) is 17.7 Å². The smallest absolute Gasteiger partial charge is 0.169 e. The van der Waals surface area contributed by atoms with Gasteiger partial charge in [-0.3, -0.25) is 4.79 Å². The summed E-state index contributed by atoms with van der Waals surface area (Å²) >= 11 is 0. The zero-order chi connectivity index (χ0) is 10.7. The molecule has 0 aliphatic carbocycles. The summed E-state index contributed by atoms with van der Waals surface area (Å²) in [6.07, 6.45) is 0.202. The summed E-state index contributed by atoms with van der Waals surface area (Å²) < 4.78 is 12.8. The van der Waals surface area contributed by atoms with Crippen LogP contribution in [-0.4, -0.2) is 5.78 Å². The highest BCUT2D eigenvalue weighted by Crippen LogP contribution is 2.16. The summed E-state index contributed by atoms with van der Waals surface area (Å²) in [5.74, 6) is -0.654. The Balaban J connectivity index is 3.00. The monoisotopic (exact) mass is 193 g/mol. The van der Waals surface area contributed by atoms with E-state index >= 15 is 0 Å². The Morgan fingerprint density at radius 1 is 1.57 bits per heavy atom. The largest absolute Gasteiger partial charge is 0.398 e. The normalized spacial score (nSPS) is 9.86. The molecule has 0 amide bonds. The van der Waals surface area contributed by atoms with E-state index in [0.717, 1.165) is 11.6 Å². The molecule has 0 aliphatic rings. The topological polar surface area (TPSA) is 43.1 Å². The zero-order valence-corrected chi connectivity index (χ0v) is 8.01. The fraction of sp³-hybridized carbons (Fsp3) is 0.182. The van der Waals surface area contributed by atoms with Gasteiger partial charge in [-0.05, 0) is 25.1 Å². The molecule has 0 saturated heterocycles. The van der Waals surface area contributed by atoms with Crippen molar-refractivity contribution >= 4 is 11.5 Å². The number of hydrogen-bond acceptors (Lipinski definition) is 2. The molecule has 0 spiro atoms. The van der Waals surface area contributed by atoms with E-state index in [9.17, 15) is 9.18 Å². The van der Waals surface area contributed by atoms with Crippen LogP contribution in [0.3, 0.4) is 0 Å². The van der Waals surface area contributed by atoms with Crippen LogP contribution in [0.15, 0.2) is 30.4 Å². The van der Waals surface area contributed by atoms with Gasteiger partial charge in [0.1, 0.15) is 5.82 Å². The summed E-state index contributed by atoms with van der Waals surface area (Å²) in [5, 5.41) is 0. The molecule has 1 rings (SSSR count). The average Bonchev–Trinajstić information content (AvgIpc) is 2.08. The number of carbonyl (C=O) groups excluding carboxylic acids is 1. The number of benzene rings is 1. The summed E-state index contributed by atoms with van der Waals surface area (Å²) in [5.41, 5.74) is 6.82. The maximum Gasteiger partial charge on any atom is 0.169 e. The van der Waals surface area contributed by atoms with E-state index < -0.39 is 5.82 Å². The first kappa shape index (κ1) is 10.4. The number of hydrogen-bond donors (Lipinski definition) is 1. The number of nitrogen functional groups attached to an aromatic ring is 1. The maximum absolute atomic E-state index is 12.8. The lowest BCUT2D eigenvalue weighted by Crippen LogP contribution is -2.04. The van der Waals surface area contributed by atoms with Crippen LogP contribution in [0, 0.1) is 5.82 Å². The summed E-state index contributed by atoms with van der Waals surface area (Å²) in [4.78, 5) is 11.5. The van der Waals surface area contributed by atoms with Crippen LogP contribution in [0.1, 0.15) is 23.7 Å². The summed E-state index contributed by atoms with van der Waals surface area (Å²) in [7, 11) is 0. The summed E-state index contributed by atoms with van der Waals surface area (Å²) in [6.45, 7) is 5.36. The second kappa shape index (κ2) is 4.05. The summed E-state index contributed by atoms with van der Waals surface area (Å²) in [6, 6.07) is 3.77. The molecule has 74 valence electrons. The third kappa shape index (κ3) is 2.42. The minimum atomic E-state index is -0.454. The molecule has 0 aliphatic heterocycles. The lowest BCUT2D eigenvalue weighted by molar-refractivity contribution is 0.0993. The molecule has 0 unspecified atom stereocenters. The van der Waals surface area contributed by atoms with Crippen LogP contribution in [-0.2, 0) is 0 Å². The molecule has 1 aromatic carbocycles. The number of halogens is 1. The van der Waals surface area contributed by atoms with Crippen LogP contribution in [0.5, 0.6) is 0 Å². The number of Topliss-reactive ketones (excluding diaryl/α,β-unsaturated/α-hetero) is 1. The number of ketones is 1. The van der Waals surface area contributed by atoms with Crippen molar-refractivity contribution in [1.29, 1.82) is 0 Å². The van der Waals surface area contributed by atoms with Crippen molar-refractivity contribution in [3.05, 3.63) is 41.7 Å². The molecule has 14 heavy (non-hydrogen) atoms. The molecule has 1 aromatic rings. The highest BCUT2D eigenvalue weighted by atomic mass is 19.1. The quantitative estimate of drug-likeness (QED) is 0.455. The minimum absolute atomic E-state index is 0.200. The first-order valence-electron chi connectivity index (χ1n) is 4.23. The van der Waals surface area contributed by atoms with Crippen molar-refractivity contribution in [3.8, 4) is 0 Å². The average molecular weight is 193 g/mol. The van der Waals surface area contributed by atoms with Gasteiger partial charge in [-0.1, -0.05) is 12.2 Å². The van der Waals surface area contributed by atoms with Crippen LogP contribution >= 0.6 is 0 Å². The molecule has 2 N–H and O–H groups in total. The van der Waals surface area contributed by atoms with E-state index in [1.165, 1.54) is 12.1 Å². The zero-order valence-electron chi connectivity index (χ0n) is 8.01. The van der Waals surface area contributed by atoms with Gasteiger partial charge in [0.05, 0.1) is 0 Å². The third-order valence-electron chi connectivity index (χ3n) is 1.78. The van der Waals surface area contributed by atoms with Gasteiger partial charge >= 0.3 is 0 Å². The van der Waals surface area contributed by atoms with Gasteiger partial charge in [-0.15, -0.1) is 0 Å². The van der Waals surface area contributed by atoms with Gasteiger partial charge in [-0.2, -0.15) is 0 Å². The molecular weight excluding hydrogens is 181 g/mol. The van der Waals surface area contributed by atoms with E-state index in [1.54, 1.807) is 6.92 Å². The highest BCUT2D eigenvalue weighted by molar-refractivity contribution is 6.01. The molecule has 0 heterocycles. The van der Waals surface area contributed by atoms with E-state index in [2.05, 4.69) is 6.58 Å². The van der Waals surface area contributed by atoms with Crippen molar-refractivity contribution in [2.45, 2.75) is 13.3 Å². The van der Waals surface area contributed by atoms with Gasteiger partial charge < -0.3 is 5.73 Å². The Morgan fingerprint density at radius 3 is 2.79 bits per heavy atom. The fourth-order valence-corrected chi connectivity index (χ4v) is 1.14. The van der Waals surface area contributed by atoms with Crippen LogP contribution < -0.4 is 5.73 Å². The van der Waals surface area contributed by atoms with Crippen molar-refractivity contribution in [2.75, 3.05) is 5.73 Å². The minimum Gasteiger partial charge on any atom is -0.398 e. The van der Waals surface area contributed by atoms with Gasteiger partial charge in [0.15, 0.2) is 5.78 Å². The number of anilines is 1. The molecular formula is C11H12FNO. The van der Waals surface area contributed by atoms with Crippen LogP contribution in [0.4, 0.5) is 10.1 Å². The van der Waals surface area contributed by atoms with Crippen LogP contribution in [0.25, 0.3) is 0 Å². The highest BCUT2D eigenvalue weighted by Gasteiger charge is 2.10. The number of carbonyl (C=O) groups is 1. The molecule has 0 aromatic heterocycles. The fourth-order valence-electron chi connectivity index (χ4n) is 1.14. The maximum atomic E-state index is 12.8. The van der Waals surface area contributed by atoms with E-state index in [0.29, 0.717) is 5.69 Å². The number of rotatable bonds is 3. The molecule has 2 nitrogen and oxygen atoms in total. The van der Waals surface area contributed by atoms with E-state index in [4.69, 9.17) is 5.73 Å². The molecule has 0 bridgehead atoms. The molecule has 0 saturated carbocycles. The van der Waals surface area contributed by atoms with Crippen LogP contribution in [0.2, 0.25) is 0 Å². The van der Waals surface area contributed by atoms with Gasteiger partial charge in [-0.25, -0.2) is 4.39 Å². The Morgan fingerprint density at radius 2 is 2.21 bits per heavy atom. The van der Waals surface area contributed by atoms with E-state index in [1.807, 2.05) is 0 Å². The van der Waals surface area contributed by atoms with Crippen molar-refractivity contribution in [2.24, 2.45) is 0 Å². The number of nitrogens with two attached hydrogens (primary N) is 1. The first-order valence-corrected chi connectivity index (χ1v) is 4.23. The Bertz CT molecular complexity index is 385. The first-order chi connectivity index (χ1) is 6.50. The van der Waals surface area contributed by atoms with Gasteiger partial charge in [0.2, 0.25) is 0 Å². The van der Waals surface area contributed by atoms with Gasteiger partial charge in [0.25, 0.3) is 0 Å².